The van der Waals surface area contributed by atoms with Crippen molar-refractivity contribution < 1.29 is 9.84 Å². The number of ether oxygens (including phenoxy) is 1. The lowest BCUT2D eigenvalue weighted by Gasteiger charge is -2.14. The van der Waals surface area contributed by atoms with Crippen LogP contribution in [0.5, 0.6) is 0 Å². The molecular formula is C11H13BrN2O4. The van der Waals surface area contributed by atoms with E-state index in [9.17, 15) is 14.7 Å². The SMILES string of the molecule is C=C(Br)c1cn([C@H]2C[C@H](O)[C@@H](C)O2)c(=O)[nH]c1=O. The van der Waals surface area contributed by atoms with Gasteiger partial charge in [0.25, 0.3) is 5.56 Å². The fourth-order valence-corrected chi connectivity index (χ4v) is 2.15. The van der Waals surface area contributed by atoms with Gasteiger partial charge in [0.15, 0.2) is 0 Å². The van der Waals surface area contributed by atoms with Crippen molar-refractivity contribution >= 4 is 20.4 Å². The minimum Gasteiger partial charge on any atom is -0.390 e. The molecule has 1 aromatic rings. The summed E-state index contributed by atoms with van der Waals surface area (Å²) >= 11 is 3.10. The van der Waals surface area contributed by atoms with Crippen LogP contribution in [0.3, 0.4) is 0 Å². The lowest BCUT2D eigenvalue weighted by molar-refractivity contribution is -0.0101. The van der Waals surface area contributed by atoms with Crippen LogP contribution in [0, 0.1) is 0 Å². The molecule has 1 fully saturated rings. The molecule has 2 N–H and O–H groups in total. The number of aliphatic hydroxyl groups is 1. The van der Waals surface area contributed by atoms with Gasteiger partial charge in [-0.15, -0.1) is 0 Å². The molecule has 0 aromatic carbocycles. The molecule has 0 saturated carbocycles. The molecule has 1 aromatic heterocycles. The second kappa shape index (κ2) is 4.83. The fourth-order valence-electron chi connectivity index (χ4n) is 1.86. The zero-order chi connectivity index (χ0) is 13.4. The number of aromatic nitrogens is 2. The van der Waals surface area contributed by atoms with Gasteiger partial charge in [-0.2, -0.15) is 0 Å². The van der Waals surface area contributed by atoms with Gasteiger partial charge in [-0.05, 0) is 6.92 Å². The summed E-state index contributed by atoms with van der Waals surface area (Å²) in [6, 6.07) is 0. The molecule has 6 nitrogen and oxygen atoms in total. The highest BCUT2D eigenvalue weighted by Crippen LogP contribution is 2.27. The summed E-state index contributed by atoms with van der Waals surface area (Å²) < 4.78 is 7.10. The van der Waals surface area contributed by atoms with E-state index < -0.39 is 23.6 Å². The minimum absolute atomic E-state index is 0.257. The number of aromatic amines is 1. The van der Waals surface area contributed by atoms with E-state index in [0.717, 1.165) is 0 Å². The van der Waals surface area contributed by atoms with E-state index in [1.165, 1.54) is 10.8 Å². The van der Waals surface area contributed by atoms with Gasteiger partial charge in [-0.3, -0.25) is 14.3 Å². The van der Waals surface area contributed by atoms with Crippen LogP contribution in [0.4, 0.5) is 0 Å². The number of H-pyrrole nitrogens is 1. The Bertz CT molecular complexity index is 581. The third-order valence-electron chi connectivity index (χ3n) is 2.93. The maximum atomic E-state index is 11.7. The Balaban J connectivity index is 2.46. The fraction of sp³-hybridized carbons (Fsp3) is 0.455. The molecule has 0 unspecified atom stereocenters. The smallest absolute Gasteiger partial charge is 0.330 e. The molecule has 0 amide bonds. The molecule has 1 aliphatic rings. The van der Waals surface area contributed by atoms with Crippen molar-refractivity contribution in [3.8, 4) is 0 Å². The Morgan fingerprint density at radius 3 is 2.83 bits per heavy atom. The number of halogens is 1. The van der Waals surface area contributed by atoms with Gasteiger partial charge in [-0.25, -0.2) is 4.79 Å². The second-order valence-electron chi connectivity index (χ2n) is 4.21. The summed E-state index contributed by atoms with van der Waals surface area (Å²) in [6.45, 7) is 5.33. The second-order valence-corrected chi connectivity index (χ2v) is 5.17. The predicted octanol–water partition coefficient (Wildman–Crippen LogP) is 0.570. The van der Waals surface area contributed by atoms with Crippen LogP contribution in [0.2, 0.25) is 0 Å². The van der Waals surface area contributed by atoms with Crippen molar-refractivity contribution in [2.45, 2.75) is 31.8 Å². The van der Waals surface area contributed by atoms with Crippen LogP contribution >= 0.6 is 15.9 Å². The first-order chi connectivity index (χ1) is 8.40. The Hall–Kier alpha value is -1.18. The summed E-state index contributed by atoms with van der Waals surface area (Å²) in [6.07, 6.45) is 0.147. The lowest BCUT2D eigenvalue weighted by atomic mass is 10.2. The Morgan fingerprint density at radius 2 is 2.33 bits per heavy atom. The predicted molar refractivity (Wildman–Crippen MR) is 69.5 cm³/mol. The number of aliphatic hydroxyl groups excluding tert-OH is 1. The summed E-state index contributed by atoms with van der Waals surface area (Å²) in [5, 5.41) is 9.61. The van der Waals surface area contributed by atoms with Gasteiger partial charge in [0.2, 0.25) is 0 Å². The van der Waals surface area contributed by atoms with Gasteiger partial charge in [0.1, 0.15) is 6.23 Å². The topological polar surface area (TPSA) is 84.3 Å². The zero-order valence-corrected chi connectivity index (χ0v) is 11.3. The van der Waals surface area contributed by atoms with Gasteiger partial charge in [0, 0.05) is 17.1 Å². The van der Waals surface area contributed by atoms with Crippen LogP contribution in [-0.4, -0.2) is 26.9 Å². The summed E-state index contributed by atoms with van der Waals surface area (Å²) in [7, 11) is 0. The number of nitrogens with one attached hydrogen (secondary N) is 1. The number of rotatable bonds is 2. The van der Waals surface area contributed by atoms with Crippen LogP contribution in [0.1, 0.15) is 25.1 Å². The maximum Gasteiger partial charge on any atom is 0.330 e. The van der Waals surface area contributed by atoms with Crippen molar-refractivity contribution in [2.24, 2.45) is 0 Å². The van der Waals surface area contributed by atoms with Crippen molar-refractivity contribution in [3.05, 3.63) is 39.2 Å². The monoisotopic (exact) mass is 316 g/mol. The molecule has 0 bridgehead atoms. The first-order valence-corrected chi connectivity index (χ1v) is 6.23. The summed E-state index contributed by atoms with van der Waals surface area (Å²) in [5.74, 6) is 0. The molecule has 98 valence electrons. The number of hydrogen-bond donors (Lipinski definition) is 2. The van der Waals surface area contributed by atoms with E-state index in [-0.39, 0.29) is 11.7 Å². The molecule has 18 heavy (non-hydrogen) atoms. The molecular weight excluding hydrogens is 304 g/mol. The van der Waals surface area contributed by atoms with Crippen molar-refractivity contribution in [3.63, 3.8) is 0 Å². The van der Waals surface area contributed by atoms with Gasteiger partial charge in [-0.1, -0.05) is 22.5 Å². The summed E-state index contributed by atoms with van der Waals surface area (Å²) in [5.41, 5.74) is -0.819. The number of nitrogens with zero attached hydrogens (tertiary/aromatic N) is 1. The van der Waals surface area contributed by atoms with Crippen LogP contribution in [0.15, 0.2) is 22.4 Å². The van der Waals surface area contributed by atoms with Crippen molar-refractivity contribution in [1.29, 1.82) is 0 Å². The molecule has 2 heterocycles. The van der Waals surface area contributed by atoms with E-state index in [1.54, 1.807) is 6.92 Å². The van der Waals surface area contributed by atoms with Gasteiger partial charge in [0.05, 0.1) is 17.8 Å². The maximum absolute atomic E-state index is 11.7. The molecule has 1 saturated heterocycles. The molecule has 1 aliphatic heterocycles. The van der Waals surface area contributed by atoms with Crippen LogP contribution < -0.4 is 11.2 Å². The minimum atomic E-state index is -0.621. The Morgan fingerprint density at radius 1 is 1.67 bits per heavy atom. The third-order valence-corrected chi connectivity index (χ3v) is 3.35. The third kappa shape index (κ3) is 2.33. The highest BCUT2D eigenvalue weighted by atomic mass is 79.9. The van der Waals surface area contributed by atoms with Gasteiger partial charge < -0.3 is 9.84 Å². The molecule has 0 aliphatic carbocycles. The average Bonchev–Trinajstić information content (AvgIpc) is 2.58. The highest BCUT2D eigenvalue weighted by molar-refractivity contribution is 9.15. The van der Waals surface area contributed by atoms with Gasteiger partial charge >= 0.3 is 5.69 Å². The first-order valence-electron chi connectivity index (χ1n) is 5.44. The molecule has 7 heteroatoms. The zero-order valence-electron chi connectivity index (χ0n) is 9.72. The van der Waals surface area contributed by atoms with Crippen LogP contribution in [-0.2, 0) is 4.74 Å². The summed E-state index contributed by atoms with van der Waals surface area (Å²) in [4.78, 5) is 25.4. The van der Waals surface area contributed by atoms with E-state index in [0.29, 0.717) is 10.9 Å². The quantitative estimate of drug-likeness (QED) is 0.835. The van der Waals surface area contributed by atoms with E-state index in [4.69, 9.17) is 4.74 Å². The van der Waals surface area contributed by atoms with E-state index in [1.807, 2.05) is 0 Å². The molecule has 2 rings (SSSR count). The van der Waals surface area contributed by atoms with Crippen molar-refractivity contribution in [2.75, 3.05) is 0 Å². The standard InChI is InChI=1S/C11H13BrN2O4/c1-5(12)7-4-14(11(17)13-10(7)16)9-3-8(15)6(2)18-9/h4,6,8-9,15H,1,3H2,2H3,(H,13,16,17)/t6-,8+,9-/m1/s1. The average molecular weight is 317 g/mol. The largest absolute Gasteiger partial charge is 0.390 e. The van der Waals surface area contributed by atoms with Crippen molar-refractivity contribution in [1.82, 2.24) is 9.55 Å². The molecule has 3 atom stereocenters. The van der Waals surface area contributed by atoms with E-state index in [2.05, 4.69) is 27.5 Å². The lowest BCUT2D eigenvalue weighted by Crippen LogP contribution is -2.33. The number of hydrogen-bond acceptors (Lipinski definition) is 4. The Labute approximate surface area is 111 Å². The van der Waals surface area contributed by atoms with E-state index >= 15 is 0 Å². The van der Waals surface area contributed by atoms with Crippen LogP contribution in [0.25, 0.3) is 4.48 Å². The first kappa shape index (κ1) is 13.3. The molecule has 0 spiro atoms. The highest BCUT2D eigenvalue weighted by Gasteiger charge is 2.32. The Kier molecular flexibility index (Phi) is 3.56. The molecule has 0 radical (unpaired) electrons. The normalized spacial score (nSPS) is 27.4.